The zero-order valence-electron chi connectivity index (χ0n) is 16.2. The quantitative estimate of drug-likeness (QED) is 0.797. The van der Waals surface area contributed by atoms with Gasteiger partial charge >= 0.3 is 6.18 Å². The lowest BCUT2D eigenvalue weighted by molar-refractivity contribution is -0.137. The van der Waals surface area contributed by atoms with E-state index in [0.717, 1.165) is 50.6 Å². The van der Waals surface area contributed by atoms with Crippen molar-refractivity contribution in [3.8, 4) is 5.75 Å². The first kappa shape index (κ1) is 21.1. The third kappa shape index (κ3) is 6.20. The summed E-state index contributed by atoms with van der Waals surface area (Å²) in [6, 6.07) is 12.6. The van der Waals surface area contributed by atoms with Crippen LogP contribution in [0.4, 0.5) is 18.9 Å². The molecule has 8 heteroatoms. The Morgan fingerprint density at radius 2 is 1.72 bits per heavy atom. The number of ether oxygens (including phenoxy) is 1. The maximum atomic E-state index is 12.8. The number of rotatable bonds is 6. The highest BCUT2D eigenvalue weighted by molar-refractivity contribution is 5.92. The Morgan fingerprint density at radius 1 is 1.03 bits per heavy atom. The second-order valence-corrected chi connectivity index (χ2v) is 7.03. The van der Waals surface area contributed by atoms with E-state index in [0.29, 0.717) is 0 Å². The molecule has 1 amide bonds. The number of benzene rings is 2. The zero-order chi connectivity index (χ0) is 20.9. The minimum atomic E-state index is -4.43. The first-order chi connectivity index (χ1) is 13.8. The lowest BCUT2D eigenvalue weighted by Gasteiger charge is -2.34. The van der Waals surface area contributed by atoms with Crippen molar-refractivity contribution < 1.29 is 22.7 Å². The monoisotopic (exact) mass is 407 g/mol. The van der Waals surface area contributed by atoms with E-state index < -0.39 is 11.7 Å². The lowest BCUT2D eigenvalue weighted by atomic mass is 10.2. The van der Waals surface area contributed by atoms with Gasteiger partial charge in [-0.3, -0.25) is 14.6 Å². The zero-order valence-corrected chi connectivity index (χ0v) is 16.2. The molecule has 2 aromatic carbocycles. The number of amides is 1. The molecular weight excluding hydrogens is 383 g/mol. The average Bonchev–Trinajstić information content (AvgIpc) is 2.69. The molecule has 5 nitrogen and oxygen atoms in total. The molecule has 1 saturated heterocycles. The van der Waals surface area contributed by atoms with Gasteiger partial charge in [0.2, 0.25) is 5.91 Å². The number of hydrogen-bond donors (Lipinski definition) is 1. The number of nitrogens with zero attached hydrogens (tertiary/aromatic N) is 2. The number of nitrogens with one attached hydrogen (secondary N) is 1. The molecule has 29 heavy (non-hydrogen) atoms. The van der Waals surface area contributed by atoms with Gasteiger partial charge in [0.25, 0.3) is 0 Å². The molecule has 0 atom stereocenters. The third-order valence-corrected chi connectivity index (χ3v) is 4.85. The molecule has 1 aliphatic rings. The molecule has 0 spiro atoms. The topological polar surface area (TPSA) is 44.8 Å². The molecule has 0 saturated carbocycles. The van der Waals surface area contributed by atoms with Gasteiger partial charge in [-0.25, -0.2) is 0 Å². The van der Waals surface area contributed by atoms with Gasteiger partial charge in [-0.05, 0) is 35.9 Å². The Labute approximate surface area is 168 Å². The summed E-state index contributed by atoms with van der Waals surface area (Å²) in [6.45, 7) is 4.03. The lowest BCUT2D eigenvalue weighted by Crippen LogP contribution is -2.48. The number of methoxy groups -OCH3 is 1. The number of hydrogen-bond acceptors (Lipinski definition) is 4. The highest BCUT2D eigenvalue weighted by Gasteiger charge is 2.30. The fourth-order valence-electron chi connectivity index (χ4n) is 3.31. The molecule has 0 bridgehead atoms. The Balaban J connectivity index is 1.46. The Hall–Kier alpha value is -2.58. The van der Waals surface area contributed by atoms with Crippen LogP contribution in [0, 0.1) is 0 Å². The summed E-state index contributed by atoms with van der Waals surface area (Å²) in [5.74, 6) is 0.512. The molecule has 0 aromatic heterocycles. The Kier molecular flexibility index (Phi) is 6.76. The van der Waals surface area contributed by atoms with Crippen LogP contribution in [0.25, 0.3) is 0 Å². The van der Waals surface area contributed by atoms with Crippen LogP contribution in [0.5, 0.6) is 5.75 Å². The van der Waals surface area contributed by atoms with E-state index in [1.165, 1.54) is 17.7 Å². The van der Waals surface area contributed by atoms with Crippen molar-refractivity contribution in [1.82, 2.24) is 9.80 Å². The van der Waals surface area contributed by atoms with E-state index >= 15 is 0 Å². The summed E-state index contributed by atoms with van der Waals surface area (Å²) in [5, 5.41) is 2.56. The van der Waals surface area contributed by atoms with Crippen molar-refractivity contribution in [3.05, 3.63) is 59.7 Å². The number of anilines is 1. The van der Waals surface area contributed by atoms with Gasteiger partial charge in [-0.1, -0.05) is 18.2 Å². The van der Waals surface area contributed by atoms with Crippen LogP contribution in [0.2, 0.25) is 0 Å². The molecular formula is C21H24F3N3O2. The van der Waals surface area contributed by atoms with Crippen LogP contribution in [0.3, 0.4) is 0 Å². The molecule has 156 valence electrons. The van der Waals surface area contributed by atoms with E-state index in [4.69, 9.17) is 4.74 Å². The van der Waals surface area contributed by atoms with Gasteiger partial charge < -0.3 is 10.1 Å². The van der Waals surface area contributed by atoms with Crippen molar-refractivity contribution in [2.75, 3.05) is 45.2 Å². The van der Waals surface area contributed by atoms with Gasteiger partial charge in [-0.15, -0.1) is 0 Å². The summed E-state index contributed by atoms with van der Waals surface area (Å²) < 4.78 is 43.6. The minimum absolute atomic E-state index is 0.154. The first-order valence-corrected chi connectivity index (χ1v) is 9.38. The molecule has 2 aromatic rings. The van der Waals surface area contributed by atoms with Crippen LogP contribution >= 0.6 is 0 Å². The minimum Gasteiger partial charge on any atom is -0.497 e. The first-order valence-electron chi connectivity index (χ1n) is 9.38. The van der Waals surface area contributed by atoms with E-state index in [1.807, 2.05) is 23.1 Å². The summed E-state index contributed by atoms with van der Waals surface area (Å²) >= 11 is 0. The maximum absolute atomic E-state index is 12.8. The van der Waals surface area contributed by atoms with E-state index in [1.54, 1.807) is 7.11 Å². The second kappa shape index (κ2) is 9.28. The number of carbonyl (C=O) groups is 1. The third-order valence-electron chi connectivity index (χ3n) is 4.85. The van der Waals surface area contributed by atoms with E-state index in [2.05, 4.69) is 16.3 Å². The van der Waals surface area contributed by atoms with Crippen LogP contribution in [0.1, 0.15) is 11.1 Å². The normalized spacial score (nSPS) is 15.9. The molecule has 1 fully saturated rings. The number of alkyl halides is 3. The van der Waals surface area contributed by atoms with Gasteiger partial charge in [-0.2, -0.15) is 13.2 Å². The standard InChI is InChI=1S/C21H24F3N3O2/c1-29-19-7-2-4-16(12-19)14-26-8-10-27(11-9-26)15-20(28)25-18-6-3-5-17(13-18)21(22,23)24/h2-7,12-13H,8-11,14-15H2,1H3,(H,25,28). The van der Waals surface area contributed by atoms with Gasteiger partial charge in [0.15, 0.2) is 0 Å². The van der Waals surface area contributed by atoms with Crippen LogP contribution in [0.15, 0.2) is 48.5 Å². The second-order valence-electron chi connectivity index (χ2n) is 7.03. The van der Waals surface area contributed by atoms with Gasteiger partial charge in [0.1, 0.15) is 5.75 Å². The highest BCUT2D eigenvalue weighted by Crippen LogP contribution is 2.30. The molecule has 1 N–H and O–H groups in total. The molecule has 3 rings (SSSR count). The summed E-state index contributed by atoms with van der Waals surface area (Å²) in [7, 11) is 1.64. The summed E-state index contributed by atoms with van der Waals surface area (Å²) in [6.07, 6.45) is -4.43. The van der Waals surface area contributed by atoms with Crippen LogP contribution in [-0.4, -0.2) is 55.5 Å². The fraction of sp³-hybridized carbons (Fsp3) is 0.381. The van der Waals surface area contributed by atoms with Gasteiger partial charge in [0, 0.05) is 38.4 Å². The average molecular weight is 407 g/mol. The van der Waals surface area contributed by atoms with E-state index in [9.17, 15) is 18.0 Å². The molecule has 0 radical (unpaired) electrons. The van der Waals surface area contributed by atoms with Crippen molar-refractivity contribution >= 4 is 11.6 Å². The highest BCUT2D eigenvalue weighted by atomic mass is 19.4. The van der Waals surface area contributed by atoms with Gasteiger partial charge in [0.05, 0.1) is 19.2 Å². The van der Waals surface area contributed by atoms with Crippen molar-refractivity contribution in [3.63, 3.8) is 0 Å². The molecule has 1 heterocycles. The fourth-order valence-corrected chi connectivity index (χ4v) is 3.31. The SMILES string of the molecule is COc1cccc(CN2CCN(CC(=O)Nc3cccc(C(F)(F)F)c3)CC2)c1. The molecule has 1 aliphatic heterocycles. The van der Waals surface area contributed by atoms with Crippen molar-refractivity contribution in [2.45, 2.75) is 12.7 Å². The predicted molar refractivity (Wildman–Crippen MR) is 105 cm³/mol. The maximum Gasteiger partial charge on any atom is 0.416 e. The molecule has 0 unspecified atom stereocenters. The largest absolute Gasteiger partial charge is 0.497 e. The summed E-state index contributed by atoms with van der Waals surface area (Å²) in [5.41, 5.74) is 0.544. The Morgan fingerprint density at radius 3 is 2.41 bits per heavy atom. The van der Waals surface area contributed by atoms with Crippen molar-refractivity contribution in [1.29, 1.82) is 0 Å². The summed E-state index contributed by atoms with van der Waals surface area (Å²) in [4.78, 5) is 16.5. The van der Waals surface area contributed by atoms with E-state index in [-0.39, 0.29) is 18.1 Å². The number of carbonyl (C=O) groups excluding carboxylic acids is 1. The smallest absolute Gasteiger partial charge is 0.416 e. The van der Waals surface area contributed by atoms with Crippen molar-refractivity contribution in [2.24, 2.45) is 0 Å². The number of piperazine rings is 1. The van der Waals surface area contributed by atoms with Crippen LogP contribution < -0.4 is 10.1 Å². The Bertz CT molecular complexity index is 834. The molecule has 0 aliphatic carbocycles. The van der Waals surface area contributed by atoms with Crippen LogP contribution in [-0.2, 0) is 17.5 Å². The number of halogens is 3. The predicted octanol–water partition coefficient (Wildman–Crippen LogP) is 3.47.